The monoisotopic (exact) mass is 269 g/mol. The van der Waals surface area contributed by atoms with Crippen molar-refractivity contribution in [1.29, 1.82) is 0 Å². The van der Waals surface area contributed by atoms with E-state index in [1.807, 2.05) is 6.92 Å². The van der Waals surface area contributed by atoms with Gasteiger partial charge in [-0.3, -0.25) is 4.79 Å². The van der Waals surface area contributed by atoms with Crippen LogP contribution in [-0.4, -0.2) is 43.0 Å². The van der Waals surface area contributed by atoms with Crippen molar-refractivity contribution in [2.24, 2.45) is 11.7 Å². The summed E-state index contributed by atoms with van der Waals surface area (Å²) in [6, 6.07) is -0.358. The molecule has 2 atom stereocenters. The van der Waals surface area contributed by atoms with Gasteiger partial charge in [0.05, 0.1) is 6.04 Å². The minimum absolute atomic E-state index is 0.00483. The zero-order chi connectivity index (χ0) is 14.1. The van der Waals surface area contributed by atoms with Gasteiger partial charge in [0.1, 0.15) is 0 Å². The second-order valence-electron chi connectivity index (χ2n) is 5.81. The summed E-state index contributed by atoms with van der Waals surface area (Å²) in [4.78, 5) is 14.3. The van der Waals surface area contributed by atoms with Gasteiger partial charge in [-0.25, -0.2) is 0 Å². The fourth-order valence-electron chi connectivity index (χ4n) is 2.50. The number of hydrogen-bond acceptors (Lipinski definition) is 3. The molecule has 1 amide bonds. The van der Waals surface area contributed by atoms with Gasteiger partial charge < -0.3 is 16.0 Å². The van der Waals surface area contributed by atoms with E-state index in [0.29, 0.717) is 0 Å². The zero-order valence-corrected chi connectivity index (χ0v) is 12.7. The molecule has 0 aromatic heterocycles. The fraction of sp³-hybridized carbons (Fsp3) is 0.933. The van der Waals surface area contributed by atoms with Crippen LogP contribution in [0.1, 0.15) is 52.4 Å². The molecule has 3 N–H and O–H groups in total. The molecule has 0 spiro atoms. The lowest BCUT2D eigenvalue weighted by atomic mass is 9.99. The Bertz CT molecular complexity index is 250. The zero-order valence-electron chi connectivity index (χ0n) is 12.7. The molecular formula is C15H31N3O. The second-order valence-corrected chi connectivity index (χ2v) is 5.81. The average Bonchev–Trinajstić information content (AvgIpc) is 2.70. The molecule has 1 heterocycles. The lowest BCUT2D eigenvalue weighted by molar-refractivity contribution is -0.123. The summed E-state index contributed by atoms with van der Waals surface area (Å²) in [6.45, 7) is 8.39. The van der Waals surface area contributed by atoms with Crippen molar-refractivity contribution in [2.75, 3.05) is 26.2 Å². The lowest BCUT2D eigenvalue weighted by Gasteiger charge is -2.21. The maximum atomic E-state index is 11.8. The highest BCUT2D eigenvalue weighted by atomic mass is 16.2. The molecule has 1 saturated heterocycles. The number of nitrogens with one attached hydrogen (secondary N) is 1. The smallest absolute Gasteiger partial charge is 0.237 e. The minimum atomic E-state index is -0.358. The number of hydrogen-bond donors (Lipinski definition) is 2. The van der Waals surface area contributed by atoms with Gasteiger partial charge >= 0.3 is 0 Å². The first-order valence-electron chi connectivity index (χ1n) is 7.90. The van der Waals surface area contributed by atoms with E-state index in [1.54, 1.807) is 0 Å². The van der Waals surface area contributed by atoms with Gasteiger partial charge in [-0.05, 0) is 44.8 Å². The Morgan fingerprint density at radius 2 is 1.89 bits per heavy atom. The van der Waals surface area contributed by atoms with Crippen LogP contribution >= 0.6 is 0 Å². The van der Waals surface area contributed by atoms with Gasteiger partial charge in [0, 0.05) is 6.54 Å². The Hall–Kier alpha value is -0.610. The van der Waals surface area contributed by atoms with E-state index < -0.39 is 0 Å². The molecule has 2 unspecified atom stereocenters. The number of carbonyl (C=O) groups excluding carboxylic acids is 1. The summed E-state index contributed by atoms with van der Waals surface area (Å²) in [6.07, 6.45) is 7.37. The molecule has 4 nitrogen and oxygen atoms in total. The van der Waals surface area contributed by atoms with Gasteiger partial charge in [0.2, 0.25) is 5.91 Å². The van der Waals surface area contributed by atoms with Crippen molar-refractivity contribution >= 4 is 5.91 Å². The number of nitrogens with two attached hydrogens (primary N) is 1. The molecule has 1 rings (SSSR count). The first-order valence-corrected chi connectivity index (χ1v) is 7.90. The van der Waals surface area contributed by atoms with Crippen LogP contribution in [0, 0.1) is 5.92 Å². The number of nitrogens with zero attached hydrogens (tertiary/aromatic N) is 1. The van der Waals surface area contributed by atoms with Gasteiger partial charge in [-0.2, -0.15) is 0 Å². The van der Waals surface area contributed by atoms with Crippen LogP contribution in [0.3, 0.4) is 0 Å². The molecular weight excluding hydrogens is 238 g/mol. The first kappa shape index (κ1) is 16.4. The largest absolute Gasteiger partial charge is 0.355 e. The van der Waals surface area contributed by atoms with E-state index >= 15 is 0 Å². The summed E-state index contributed by atoms with van der Waals surface area (Å²) in [5, 5.41) is 2.96. The highest BCUT2D eigenvalue weighted by Crippen LogP contribution is 2.09. The highest BCUT2D eigenvalue weighted by Gasteiger charge is 2.18. The first-order chi connectivity index (χ1) is 9.15. The van der Waals surface area contributed by atoms with Crippen molar-refractivity contribution in [3.8, 4) is 0 Å². The molecule has 19 heavy (non-hydrogen) atoms. The van der Waals surface area contributed by atoms with Gasteiger partial charge in [-0.1, -0.05) is 33.1 Å². The molecule has 112 valence electrons. The predicted octanol–water partition coefficient (Wildman–Crippen LogP) is 1.74. The molecule has 0 bridgehead atoms. The van der Waals surface area contributed by atoms with Crippen LogP contribution in [0.15, 0.2) is 0 Å². The van der Waals surface area contributed by atoms with E-state index in [9.17, 15) is 4.79 Å². The van der Waals surface area contributed by atoms with Crippen LogP contribution < -0.4 is 11.1 Å². The maximum absolute atomic E-state index is 11.8. The Morgan fingerprint density at radius 3 is 2.47 bits per heavy atom. The van der Waals surface area contributed by atoms with Crippen LogP contribution in [0.2, 0.25) is 0 Å². The summed E-state index contributed by atoms with van der Waals surface area (Å²) >= 11 is 0. The van der Waals surface area contributed by atoms with Gasteiger partial charge in [0.25, 0.3) is 0 Å². The van der Waals surface area contributed by atoms with Crippen molar-refractivity contribution in [1.82, 2.24) is 10.2 Å². The molecule has 0 radical (unpaired) electrons. The Morgan fingerprint density at radius 1 is 1.26 bits per heavy atom. The van der Waals surface area contributed by atoms with Gasteiger partial charge in [-0.15, -0.1) is 0 Å². The molecule has 1 aliphatic rings. The number of amides is 1. The Labute approximate surface area is 118 Å². The van der Waals surface area contributed by atoms with E-state index in [1.165, 1.54) is 38.8 Å². The van der Waals surface area contributed by atoms with Crippen molar-refractivity contribution in [3.63, 3.8) is 0 Å². The van der Waals surface area contributed by atoms with Crippen LogP contribution in [0.25, 0.3) is 0 Å². The highest BCUT2D eigenvalue weighted by molar-refractivity contribution is 5.81. The van der Waals surface area contributed by atoms with Crippen LogP contribution in [0.5, 0.6) is 0 Å². The lowest BCUT2D eigenvalue weighted by Crippen LogP contribution is -2.45. The van der Waals surface area contributed by atoms with E-state index in [0.717, 1.165) is 25.9 Å². The number of carbonyl (C=O) groups is 1. The SMILES string of the molecule is CCC(C)C(N)C(=O)NCCCN1CCCCCC1. The molecule has 1 aliphatic heterocycles. The molecule has 0 aromatic rings. The fourth-order valence-corrected chi connectivity index (χ4v) is 2.50. The number of likely N-dealkylation sites (tertiary alicyclic amines) is 1. The molecule has 0 aromatic carbocycles. The summed E-state index contributed by atoms with van der Waals surface area (Å²) < 4.78 is 0. The predicted molar refractivity (Wildman–Crippen MR) is 80.0 cm³/mol. The van der Waals surface area contributed by atoms with E-state index in [4.69, 9.17) is 5.73 Å². The maximum Gasteiger partial charge on any atom is 0.237 e. The average molecular weight is 269 g/mol. The molecule has 4 heteroatoms. The topological polar surface area (TPSA) is 58.4 Å². The standard InChI is InChI=1S/C15H31N3O/c1-3-13(2)14(16)15(19)17-9-8-12-18-10-6-4-5-7-11-18/h13-14H,3-12,16H2,1-2H3,(H,17,19). The third-order valence-electron chi connectivity index (χ3n) is 4.21. The Kier molecular flexibility index (Phi) is 8.07. The van der Waals surface area contributed by atoms with Gasteiger partial charge in [0.15, 0.2) is 0 Å². The van der Waals surface area contributed by atoms with Crippen LogP contribution in [-0.2, 0) is 4.79 Å². The normalized spacial score (nSPS) is 20.6. The number of rotatable bonds is 7. The third-order valence-corrected chi connectivity index (χ3v) is 4.21. The quantitative estimate of drug-likeness (QED) is 0.692. The molecule has 0 aliphatic carbocycles. The summed E-state index contributed by atoms with van der Waals surface area (Å²) in [5.74, 6) is 0.260. The second kappa shape index (κ2) is 9.32. The minimum Gasteiger partial charge on any atom is -0.355 e. The summed E-state index contributed by atoms with van der Waals surface area (Å²) in [7, 11) is 0. The molecule has 1 fully saturated rings. The van der Waals surface area contributed by atoms with E-state index in [-0.39, 0.29) is 17.9 Å². The van der Waals surface area contributed by atoms with Crippen molar-refractivity contribution in [2.45, 2.75) is 58.4 Å². The molecule has 0 saturated carbocycles. The van der Waals surface area contributed by atoms with Crippen molar-refractivity contribution in [3.05, 3.63) is 0 Å². The van der Waals surface area contributed by atoms with E-state index in [2.05, 4.69) is 17.1 Å². The Balaban J connectivity index is 2.10. The third kappa shape index (κ3) is 6.39. The van der Waals surface area contributed by atoms with Crippen LogP contribution in [0.4, 0.5) is 0 Å². The van der Waals surface area contributed by atoms with Crippen molar-refractivity contribution < 1.29 is 4.79 Å². The summed E-state index contributed by atoms with van der Waals surface area (Å²) in [5.41, 5.74) is 5.89.